The van der Waals surface area contributed by atoms with Crippen LogP contribution in [0.3, 0.4) is 0 Å². The molecule has 0 spiro atoms. The fraction of sp³-hybridized carbons (Fsp3) is 0.750. The number of unbranched alkanes of at least 4 members (excludes halogenated alkanes) is 16. The number of hydrogen-bond acceptors (Lipinski definition) is 3. The van der Waals surface area contributed by atoms with Gasteiger partial charge in [-0.05, 0) is 24.1 Å². The molecule has 1 aromatic carbocycles. The van der Waals surface area contributed by atoms with Crippen LogP contribution in [0.5, 0.6) is 5.75 Å². The Balaban J connectivity index is 1.80. The highest BCUT2D eigenvalue weighted by Crippen LogP contribution is 2.15. The Morgan fingerprint density at radius 2 is 1.19 bits per heavy atom. The average molecular weight is 433 g/mol. The number of rotatable bonds is 21. The first kappa shape index (κ1) is 27.5. The largest absolute Gasteiger partial charge is 0.497 e. The van der Waals surface area contributed by atoms with Crippen molar-refractivity contribution in [3.63, 3.8) is 0 Å². The third-order valence-electron chi connectivity index (χ3n) is 6.02. The molecular weight excluding hydrogens is 384 g/mol. The lowest BCUT2D eigenvalue weighted by Crippen LogP contribution is -2.04. The van der Waals surface area contributed by atoms with E-state index in [1.54, 1.807) is 7.11 Å². The van der Waals surface area contributed by atoms with Crippen molar-refractivity contribution < 1.29 is 14.3 Å². The molecule has 0 saturated heterocycles. The summed E-state index contributed by atoms with van der Waals surface area (Å²) < 4.78 is 10.5. The SMILES string of the molecule is CCCCCCCCCCCCCCCCCCCC(=O)OCc1cccc(OC)c1. The summed E-state index contributed by atoms with van der Waals surface area (Å²) in [6.45, 7) is 2.61. The second-order valence-corrected chi connectivity index (χ2v) is 8.92. The van der Waals surface area contributed by atoms with Gasteiger partial charge in [0.2, 0.25) is 0 Å². The molecule has 1 rings (SSSR count). The Bertz CT molecular complexity index is 541. The van der Waals surface area contributed by atoms with E-state index in [-0.39, 0.29) is 5.97 Å². The smallest absolute Gasteiger partial charge is 0.306 e. The summed E-state index contributed by atoms with van der Waals surface area (Å²) in [5.74, 6) is 0.700. The highest BCUT2D eigenvalue weighted by molar-refractivity contribution is 5.69. The highest BCUT2D eigenvalue weighted by Gasteiger charge is 2.04. The molecule has 0 aliphatic heterocycles. The number of carbonyl (C=O) groups is 1. The van der Waals surface area contributed by atoms with Gasteiger partial charge in [-0.25, -0.2) is 0 Å². The second kappa shape index (κ2) is 20.4. The molecule has 0 fully saturated rings. The number of ether oxygens (including phenoxy) is 2. The Labute approximate surface area is 192 Å². The maximum atomic E-state index is 11.9. The minimum Gasteiger partial charge on any atom is -0.497 e. The van der Waals surface area contributed by atoms with Crippen LogP contribution in [0.15, 0.2) is 24.3 Å². The quantitative estimate of drug-likeness (QED) is 0.144. The summed E-state index contributed by atoms with van der Waals surface area (Å²) in [4.78, 5) is 11.9. The second-order valence-electron chi connectivity index (χ2n) is 8.92. The highest BCUT2D eigenvalue weighted by atomic mass is 16.5. The molecule has 178 valence electrons. The van der Waals surface area contributed by atoms with E-state index in [1.807, 2.05) is 24.3 Å². The van der Waals surface area contributed by atoms with Crippen molar-refractivity contribution in [3.05, 3.63) is 29.8 Å². The van der Waals surface area contributed by atoms with Crippen LogP contribution in [-0.2, 0) is 16.1 Å². The van der Waals surface area contributed by atoms with Crippen molar-refractivity contribution >= 4 is 5.97 Å². The van der Waals surface area contributed by atoms with Gasteiger partial charge >= 0.3 is 5.97 Å². The van der Waals surface area contributed by atoms with E-state index >= 15 is 0 Å². The molecule has 0 N–H and O–H groups in total. The molecule has 0 amide bonds. The summed E-state index contributed by atoms with van der Waals surface area (Å²) in [5, 5.41) is 0. The van der Waals surface area contributed by atoms with Crippen molar-refractivity contribution in [1.82, 2.24) is 0 Å². The summed E-state index contributed by atoms with van der Waals surface area (Å²) in [5.41, 5.74) is 0.968. The number of hydrogen-bond donors (Lipinski definition) is 0. The van der Waals surface area contributed by atoms with E-state index < -0.39 is 0 Å². The summed E-state index contributed by atoms with van der Waals surface area (Å²) >= 11 is 0. The van der Waals surface area contributed by atoms with Crippen molar-refractivity contribution in [3.8, 4) is 5.75 Å². The third kappa shape index (κ3) is 16.8. The fourth-order valence-electron chi connectivity index (χ4n) is 3.99. The van der Waals surface area contributed by atoms with Gasteiger partial charge in [-0.3, -0.25) is 4.79 Å². The van der Waals surface area contributed by atoms with E-state index in [1.165, 1.54) is 96.3 Å². The van der Waals surface area contributed by atoms with Crippen LogP contribution in [0.25, 0.3) is 0 Å². The lowest BCUT2D eigenvalue weighted by Gasteiger charge is -2.07. The topological polar surface area (TPSA) is 35.5 Å². The van der Waals surface area contributed by atoms with E-state index in [4.69, 9.17) is 9.47 Å². The third-order valence-corrected chi connectivity index (χ3v) is 6.02. The van der Waals surface area contributed by atoms with Crippen LogP contribution < -0.4 is 4.74 Å². The molecule has 1 aromatic rings. The molecule has 0 aliphatic carbocycles. The minimum atomic E-state index is -0.0937. The van der Waals surface area contributed by atoms with E-state index in [0.717, 1.165) is 24.2 Å². The molecule has 3 heteroatoms. The van der Waals surface area contributed by atoms with Crippen molar-refractivity contribution in [1.29, 1.82) is 0 Å². The van der Waals surface area contributed by atoms with Crippen LogP contribution in [-0.4, -0.2) is 13.1 Å². The molecule has 0 aromatic heterocycles. The molecule has 0 radical (unpaired) electrons. The predicted octanol–water partition coefficient (Wildman–Crippen LogP) is 8.78. The molecule has 0 bridgehead atoms. The minimum absolute atomic E-state index is 0.0937. The molecule has 3 nitrogen and oxygen atoms in total. The van der Waals surface area contributed by atoms with Crippen molar-refractivity contribution in [2.45, 2.75) is 129 Å². The molecule has 0 aliphatic rings. The van der Waals surface area contributed by atoms with Gasteiger partial charge in [0.1, 0.15) is 12.4 Å². The van der Waals surface area contributed by atoms with Gasteiger partial charge in [0.25, 0.3) is 0 Å². The van der Waals surface area contributed by atoms with Crippen LogP contribution in [0.2, 0.25) is 0 Å². The summed E-state index contributed by atoms with van der Waals surface area (Å²) in [7, 11) is 1.64. The van der Waals surface area contributed by atoms with Crippen LogP contribution >= 0.6 is 0 Å². The maximum Gasteiger partial charge on any atom is 0.306 e. The molecule has 31 heavy (non-hydrogen) atoms. The average Bonchev–Trinajstić information content (AvgIpc) is 2.80. The number of carbonyl (C=O) groups excluding carboxylic acids is 1. The van der Waals surface area contributed by atoms with E-state index in [2.05, 4.69) is 6.92 Å². The van der Waals surface area contributed by atoms with Crippen molar-refractivity contribution in [2.24, 2.45) is 0 Å². The molecular formula is C28H48O3. The zero-order valence-electron chi connectivity index (χ0n) is 20.5. The number of methoxy groups -OCH3 is 1. The van der Waals surface area contributed by atoms with Gasteiger partial charge in [-0.15, -0.1) is 0 Å². The maximum absolute atomic E-state index is 11.9. The van der Waals surface area contributed by atoms with Gasteiger partial charge in [0.15, 0.2) is 0 Å². The lowest BCUT2D eigenvalue weighted by molar-refractivity contribution is -0.145. The summed E-state index contributed by atoms with van der Waals surface area (Å²) in [6.07, 6.45) is 23.5. The number of benzene rings is 1. The first-order valence-electron chi connectivity index (χ1n) is 13.0. The van der Waals surface area contributed by atoms with Crippen molar-refractivity contribution in [2.75, 3.05) is 7.11 Å². The van der Waals surface area contributed by atoms with Gasteiger partial charge in [-0.1, -0.05) is 122 Å². The Morgan fingerprint density at radius 3 is 1.68 bits per heavy atom. The zero-order valence-corrected chi connectivity index (χ0v) is 20.5. The van der Waals surface area contributed by atoms with Crippen LogP contribution in [0.4, 0.5) is 0 Å². The summed E-state index contributed by atoms with van der Waals surface area (Å²) in [6, 6.07) is 7.66. The Morgan fingerprint density at radius 1 is 0.710 bits per heavy atom. The van der Waals surface area contributed by atoms with Crippen LogP contribution in [0.1, 0.15) is 128 Å². The van der Waals surface area contributed by atoms with E-state index in [9.17, 15) is 4.79 Å². The monoisotopic (exact) mass is 432 g/mol. The van der Waals surface area contributed by atoms with E-state index in [0.29, 0.717) is 13.0 Å². The first-order chi connectivity index (χ1) is 15.3. The first-order valence-corrected chi connectivity index (χ1v) is 13.0. The van der Waals surface area contributed by atoms with Crippen LogP contribution in [0, 0.1) is 0 Å². The zero-order chi connectivity index (χ0) is 22.4. The Hall–Kier alpha value is -1.51. The lowest BCUT2D eigenvalue weighted by atomic mass is 10.0. The predicted molar refractivity (Wildman–Crippen MR) is 132 cm³/mol. The molecule has 0 heterocycles. The molecule has 0 saturated carbocycles. The normalized spacial score (nSPS) is 10.9. The standard InChI is InChI=1S/C28H48O3/c1-3-4-5-6-7-8-9-10-11-12-13-14-15-16-17-18-19-23-28(29)31-25-26-21-20-22-27(24-26)30-2/h20-22,24H,3-19,23,25H2,1-2H3. The fourth-order valence-corrected chi connectivity index (χ4v) is 3.99. The molecule has 0 unspecified atom stereocenters. The van der Waals surface area contributed by atoms with Gasteiger partial charge in [0.05, 0.1) is 7.11 Å². The number of esters is 1. The van der Waals surface area contributed by atoms with Gasteiger partial charge in [0, 0.05) is 6.42 Å². The van der Waals surface area contributed by atoms with Gasteiger partial charge < -0.3 is 9.47 Å². The Kier molecular flexibility index (Phi) is 18.1. The van der Waals surface area contributed by atoms with Gasteiger partial charge in [-0.2, -0.15) is 0 Å². The molecule has 0 atom stereocenters.